The fourth-order valence-corrected chi connectivity index (χ4v) is 3.34. The maximum absolute atomic E-state index is 12.7. The lowest BCUT2D eigenvalue weighted by atomic mass is 10.1. The average Bonchev–Trinajstić information content (AvgIpc) is 3.18. The molecule has 2 aromatic rings. The minimum absolute atomic E-state index is 0.118. The Kier molecular flexibility index (Phi) is 6.26. The van der Waals surface area contributed by atoms with Gasteiger partial charge in [-0.15, -0.1) is 0 Å². The van der Waals surface area contributed by atoms with Gasteiger partial charge in [-0.3, -0.25) is 15.2 Å². The van der Waals surface area contributed by atoms with E-state index in [0.29, 0.717) is 11.8 Å². The van der Waals surface area contributed by atoms with Crippen LogP contribution < -0.4 is 16.2 Å². The molecule has 0 spiro atoms. The van der Waals surface area contributed by atoms with Gasteiger partial charge in [-0.25, -0.2) is 10.2 Å². The van der Waals surface area contributed by atoms with Crippen molar-refractivity contribution < 1.29 is 22.8 Å². The highest BCUT2D eigenvalue weighted by Crippen LogP contribution is 2.34. The van der Waals surface area contributed by atoms with Gasteiger partial charge in [-0.2, -0.15) is 13.2 Å². The highest BCUT2D eigenvalue weighted by Gasteiger charge is 2.31. The van der Waals surface area contributed by atoms with E-state index in [2.05, 4.69) is 21.2 Å². The van der Waals surface area contributed by atoms with E-state index in [9.17, 15) is 22.8 Å². The summed E-state index contributed by atoms with van der Waals surface area (Å²) in [6.07, 6.45) is 0.151. The number of alkyl halides is 3. The first kappa shape index (κ1) is 20.9. The first-order chi connectivity index (χ1) is 13.7. The molecule has 0 atom stereocenters. The molecule has 1 aliphatic carbocycles. The molecule has 0 radical (unpaired) electrons. The van der Waals surface area contributed by atoms with Gasteiger partial charge in [0, 0.05) is 23.4 Å². The summed E-state index contributed by atoms with van der Waals surface area (Å²) in [5.74, 6) is -0.537. The molecule has 1 aliphatic rings. The van der Waals surface area contributed by atoms with E-state index in [1.165, 1.54) is 24.3 Å². The molecule has 1 aromatic heterocycles. The van der Waals surface area contributed by atoms with Crippen LogP contribution >= 0.6 is 11.6 Å². The molecule has 0 aliphatic heterocycles. The third kappa shape index (κ3) is 5.38. The van der Waals surface area contributed by atoms with E-state index in [-0.39, 0.29) is 22.3 Å². The van der Waals surface area contributed by atoms with Crippen LogP contribution in [0.4, 0.5) is 18.0 Å². The van der Waals surface area contributed by atoms with Crippen LogP contribution in [-0.4, -0.2) is 23.0 Å². The molecular formula is C19H18ClF3N4O2. The third-order valence-electron chi connectivity index (χ3n) is 4.57. The van der Waals surface area contributed by atoms with Gasteiger partial charge < -0.3 is 5.32 Å². The van der Waals surface area contributed by atoms with Crippen molar-refractivity contribution >= 4 is 23.5 Å². The van der Waals surface area contributed by atoms with Gasteiger partial charge in [0.1, 0.15) is 0 Å². The number of hydrazine groups is 1. The molecule has 3 rings (SSSR count). The number of carbonyl (C=O) groups is 2. The fourth-order valence-electron chi connectivity index (χ4n) is 3.06. The number of carbonyl (C=O) groups excluding carboxylic acids is 2. The Morgan fingerprint density at radius 3 is 2.31 bits per heavy atom. The Hall–Kier alpha value is -2.81. The van der Waals surface area contributed by atoms with E-state index in [1.54, 1.807) is 0 Å². The number of halogens is 4. The maximum Gasteiger partial charge on any atom is 0.417 e. The van der Waals surface area contributed by atoms with Gasteiger partial charge in [0.25, 0.3) is 5.91 Å². The molecule has 29 heavy (non-hydrogen) atoms. The predicted octanol–water partition coefficient (Wildman–Crippen LogP) is 4.31. The number of hydrogen-bond donors (Lipinski definition) is 3. The topological polar surface area (TPSA) is 83.1 Å². The minimum atomic E-state index is -4.53. The average molecular weight is 427 g/mol. The molecule has 154 valence electrons. The monoisotopic (exact) mass is 426 g/mol. The van der Waals surface area contributed by atoms with E-state index >= 15 is 0 Å². The lowest BCUT2D eigenvalue weighted by Gasteiger charge is -2.13. The molecule has 3 amide bonds. The molecule has 3 N–H and O–H groups in total. The van der Waals surface area contributed by atoms with Crippen LogP contribution in [0.15, 0.2) is 36.5 Å². The van der Waals surface area contributed by atoms with Crippen molar-refractivity contribution in [3.8, 4) is 11.3 Å². The Bertz CT molecular complexity index is 897. The van der Waals surface area contributed by atoms with Crippen molar-refractivity contribution in [3.63, 3.8) is 0 Å². The molecule has 6 nitrogen and oxygen atoms in total. The van der Waals surface area contributed by atoms with Crippen molar-refractivity contribution in [2.75, 3.05) is 0 Å². The quantitative estimate of drug-likeness (QED) is 0.639. The van der Waals surface area contributed by atoms with Crippen molar-refractivity contribution in [2.24, 2.45) is 0 Å². The number of nitrogens with one attached hydrogen (secondary N) is 3. The summed E-state index contributed by atoms with van der Waals surface area (Å²) in [6, 6.07) is 6.37. The molecule has 1 fully saturated rings. The number of hydrogen-bond acceptors (Lipinski definition) is 3. The summed E-state index contributed by atoms with van der Waals surface area (Å²) in [5, 5.41) is 2.62. The Balaban J connectivity index is 1.60. The summed E-state index contributed by atoms with van der Waals surface area (Å²) in [7, 11) is 0. The fraction of sp³-hybridized carbons (Fsp3) is 0.316. The Morgan fingerprint density at radius 1 is 1.07 bits per heavy atom. The first-order valence-corrected chi connectivity index (χ1v) is 9.32. The number of nitrogens with zero attached hydrogens (tertiary/aromatic N) is 1. The molecule has 1 heterocycles. The second kappa shape index (κ2) is 8.69. The largest absolute Gasteiger partial charge is 0.417 e. The zero-order valence-electron chi connectivity index (χ0n) is 15.1. The maximum atomic E-state index is 12.7. The normalized spacial score (nSPS) is 14.5. The Morgan fingerprint density at radius 2 is 1.72 bits per heavy atom. The number of benzene rings is 1. The van der Waals surface area contributed by atoms with Gasteiger partial charge >= 0.3 is 12.2 Å². The number of rotatable bonds is 3. The summed E-state index contributed by atoms with van der Waals surface area (Å²) in [4.78, 5) is 27.7. The van der Waals surface area contributed by atoms with Gasteiger partial charge in [-0.1, -0.05) is 36.6 Å². The van der Waals surface area contributed by atoms with Crippen molar-refractivity contribution in [1.82, 2.24) is 21.2 Å². The van der Waals surface area contributed by atoms with Gasteiger partial charge in [0.15, 0.2) is 0 Å². The zero-order valence-corrected chi connectivity index (χ0v) is 15.9. The van der Waals surface area contributed by atoms with Crippen molar-refractivity contribution in [2.45, 2.75) is 37.9 Å². The number of aromatic nitrogens is 1. The molecular weight excluding hydrogens is 409 g/mol. The molecule has 1 saturated carbocycles. The highest BCUT2D eigenvalue weighted by molar-refractivity contribution is 6.33. The smallest absolute Gasteiger partial charge is 0.334 e. The van der Waals surface area contributed by atoms with Crippen LogP contribution in [0.3, 0.4) is 0 Å². The third-order valence-corrected chi connectivity index (χ3v) is 4.86. The molecule has 0 unspecified atom stereocenters. The SMILES string of the molecule is O=C(NNC(=O)c1ccc(-c2ncc(C(F)(F)F)cc2Cl)cc1)NC1CCCC1. The van der Waals surface area contributed by atoms with Crippen LogP contribution in [-0.2, 0) is 6.18 Å². The summed E-state index contributed by atoms with van der Waals surface area (Å²) < 4.78 is 38.1. The van der Waals surface area contributed by atoms with E-state index in [4.69, 9.17) is 11.6 Å². The van der Waals surface area contributed by atoms with Gasteiger partial charge in [0.2, 0.25) is 0 Å². The number of pyridine rings is 1. The summed E-state index contributed by atoms with van der Waals surface area (Å²) in [6.45, 7) is 0. The van der Waals surface area contributed by atoms with Crippen molar-refractivity contribution in [1.29, 1.82) is 0 Å². The Labute approximate surface area is 169 Å². The predicted molar refractivity (Wildman–Crippen MR) is 101 cm³/mol. The first-order valence-electron chi connectivity index (χ1n) is 8.94. The van der Waals surface area contributed by atoms with Gasteiger partial charge in [0.05, 0.1) is 16.3 Å². The molecule has 0 bridgehead atoms. The van der Waals surface area contributed by atoms with Crippen LogP contribution in [0.5, 0.6) is 0 Å². The van der Waals surface area contributed by atoms with Crippen LogP contribution in [0.2, 0.25) is 5.02 Å². The van der Waals surface area contributed by atoms with E-state index in [1.807, 2.05) is 0 Å². The van der Waals surface area contributed by atoms with Crippen LogP contribution in [0.25, 0.3) is 11.3 Å². The molecule has 0 saturated heterocycles. The zero-order chi connectivity index (χ0) is 21.0. The minimum Gasteiger partial charge on any atom is -0.334 e. The summed E-state index contributed by atoms with van der Waals surface area (Å²) >= 11 is 5.93. The highest BCUT2D eigenvalue weighted by atomic mass is 35.5. The number of urea groups is 1. The summed E-state index contributed by atoms with van der Waals surface area (Å²) in [5.41, 5.74) is 4.52. The van der Waals surface area contributed by atoms with Crippen molar-refractivity contribution in [3.05, 3.63) is 52.7 Å². The van der Waals surface area contributed by atoms with Gasteiger partial charge in [-0.05, 0) is 31.0 Å². The molecule has 1 aromatic carbocycles. The van der Waals surface area contributed by atoms with Crippen LogP contribution in [0.1, 0.15) is 41.6 Å². The van der Waals surface area contributed by atoms with E-state index < -0.39 is 23.7 Å². The second-order valence-electron chi connectivity index (χ2n) is 6.66. The molecule has 10 heteroatoms. The van der Waals surface area contributed by atoms with Crippen LogP contribution in [0, 0.1) is 0 Å². The number of amides is 3. The standard InChI is InChI=1S/C19H18ClF3N4O2/c20-15-9-13(19(21,22)23)10-24-16(15)11-5-7-12(8-6-11)17(28)26-27-18(29)25-14-3-1-2-4-14/h5-10,14H,1-4H2,(H,26,28)(H2,25,27,29). The van der Waals surface area contributed by atoms with E-state index in [0.717, 1.165) is 31.7 Å². The second-order valence-corrected chi connectivity index (χ2v) is 7.07. The lowest BCUT2D eigenvalue weighted by Crippen LogP contribution is -2.49. The lowest BCUT2D eigenvalue weighted by molar-refractivity contribution is -0.137.